The molecule has 0 unspecified atom stereocenters. The Kier molecular flexibility index (Phi) is 3.19. The lowest BCUT2D eigenvalue weighted by Crippen LogP contribution is -2.29. The maximum absolute atomic E-state index is 11.7. The van der Waals surface area contributed by atoms with Gasteiger partial charge in [-0.2, -0.15) is 5.26 Å². The molecule has 1 amide bonds. The molecular weight excluding hydrogens is 204 g/mol. The van der Waals surface area contributed by atoms with Gasteiger partial charge in [0.25, 0.3) is 0 Å². The van der Waals surface area contributed by atoms with Crippen molar-refractivity contribution in [3.63, 3.8) is 0 Å². The topological polar surface area (TPSA) is 73.1 Å². The molecule has 0 aliphatic carbocycles. The van der Waals surface area contributed by atoms with E-state index in [4.69, 9.17) is 5.26 Å². The van der Waals surface area contributed by atoms with E-state index in [1.165, 1.54) is 19.9 Å². The molecule has 1 aromatic carbocycles. The number of phenolic OH excluding ortho intramolecular Hbond substituents is 1. The van der Waals surface area contributed by atoms with Gasteiger partial charge < -0.3 is 10.4 Å². The number of nitriles is 1. The molecule has 0 saturated carbocycles. The highest BCUT2D eigenvalue weighted by molar-refractivity contribution is 5.97. The molecule has 1 aromatic rings. The second-order valence-electron chi connectivity index (χ2n) is 4.21. The van der Waals surface area contributed by atoms with Gasteiger partial charge >= 0.3 is 0 Å². The standard InChI is InChI=1S/C12H14N2O2/c1-8-4-5-10(15)9(6-8)14-11(16)12(2,3)7-13/h4-6,15H,1-3H3,(H,14,16). The molecule has 4 nitrogen and oxygen atoms in total. The Bertz CT molecular complexity index is 459. The van der Waals surface area contributed by atoms with Crippen LogP contribution in [0.25, 0.3) is 0 Å². The Morgan fingerprint density at radius 2 is 2.12 bits per heavy atom. The van der Waals surface area contributed by atoms with Crippen LogP contribution >= 0.6 is 0 Å². The van der Waals surface area contributed by atoms with Crippen molar-refractivity contribution in [3.05, 3.63) is 23.8 Å². The van der Waals surface area contributed by atoms with E-state index >= 15 is 0 Å². The van der Waals surface area contributed by atoms with Gasteiger partial charge in [0, 0.05) is 0 Å². The first kappa shape index (κ1) is 12.1. The Hall–Kier alpha value is -2.02. The van der Waals surface area contributed by atoms with Gasteiger partial charge in [-0.05, 0) is 38.5 Å². The number of carbonyl (C=O) groups excluding carboxylic acids is 1. The second-order valence-corrected chi connectivity index (χ2v) is 4.21. The van der Waals surface area contributed by atoms with E-state index in [1.54, 1.807) is 12.1 Å². The summed E-state index contributed by atoms with van der Waals surface area (Å²) in [4.78, 5) is 11.7. The van der Waals surface area contributed by atoms with Crippen molar-refractivity contribution in [2.75, 3.05) is 5.32 Å². The van der Waals surface area contributed by atoms with Crippen molar-refractivity contribution in [1.29, 1.82) is 5.26 Å². The van der Waals surface area contributed by atoms with Crippen molar-refractivity contribution >= 4 is 11.6 Å². The number of benzene rings is 1. The minimum absolute atomic E-state index is 0.00677. The summed E-state index contributed by atoms with van der Waals surface area (Å²) in [5, 5.41) is 20.8. The number of rotatable bonds is 2. The fourth-order valence-corrected chi connectivity index (χ4v) is 1.08. The van der Waals surface area contributed by atoms with Gasteiger partial charge in [0.15, 0.2) is 0 Å². The average Bonchev–Trinajstić information content (AvgIpc) is 2.23. The van der Waals surface area contributed by atoms with E-state index in [2.05, 4.69) is 5.32 Å². The molecule has 0 bridgehead atoms. The Morgan fingerprint density at radius 3 is 2.69 bits per heavy atom. The summed E-state index contributed by atoms with van der Waals surface area (Å²) in [6.07, 6.45) is 0. The Labute approximate surface area is 94.5 Å². The number of hydrogen-bond donors (Lipinski definition) is 2. The number of carbonyl (C=O) groups is 1. The quantitative estimate of drug-likeness (QED) is 0.747. The lowest BCUT2D eigenvalue weighted by molar-refractivity contribution is -0.121. The minimum Gasteiger partial charge on any atom is -0.506 e. The first-order valence-corrected chi connectivity index (χ1v) is 4.89. The molecule has 1 rings (SSSR count). The smallest absolute Gasteiger partial charge is 0.244 e. The molecule has 0 aliphatic rings. The molecule has 2 N–H and O–H groups in total. The molecule has 0 aliphatic heterocycles. The third-order valence-corrected chi connectivity index (χ3v) is 2.25. The fourth-order valence-electron chi connectivity index (χ4n) is 1.08. The summed E-state index contributed by atoms with van der Waals surface area (Å²) < 4.78 is 0. The number of amides is 1. The summed E-state index contributed by atoms with van der Waals surface area (Å²) in [7, 11) is 0. The van der Waals surface area contributed by atoms with Crippen LogP contribution in [0.5, 0.6) is 5.75 Å². The van der Waals surface area contributed by atoms with Crippen molar-refractivity contribution in [1.82, 2.24) is 0 Å². The molecular formula is C12H14N2O2. The highest BCUT2D eigenvalue weighted by atomic mass is 16.3. The largest absolute Gasteiger partial charge is 0.506 e. The lowest BCUT2D eigenvalue weighted by atomic mass is 9.94. The van der Waals surface area contributed by atoms with E-state index in [1.807, 2.05) is 13.0 Å². The number of nitrogens with one attached hydrogen (secondary N) is 1. The van der Waals surface area contributed by atoms with Crippen LogP contribution in [0.2, 0.25) is 0 Å². The summed E-state index contributed by atoms with van der Waals surface area (Å²) in [6.45, 7) is 4.90. The zero-order valence-corrected chi connectivity index (χ0v) is 9.53. The molecule has 0 spiro atoms. The van der Waals surface area contributed by atoms with Crippen LogP contribution in [-0.4, -0.2) is 11.0 Å². The van der Waals surface area contributed by atoms with Crippen LogP contribution in [0.3, 0.4) is 0 Å². The molecule has 0 atom stereocenters. The van der Waals surface area contributed by atoms with E-state index in [0.717, 1.165) is 5.56 Å². The number of nitrogens with zero attached hydrogens (tertiary/aromatic N) is 1. The van der Waals surface area contributed by atoms with Crippen LogP contribution in [0.15, 0.2) is 18.2 Å². The number of aryl methyl sites for hydroxylation is 1. The number of phenols is 1. The minimum atomic E-state index is -1.11. The second kappa shape index (κ2) is 4.23. The van der Waals surface area contributed by atoms with Gasteiger partial charge in [-0.25, -0.2) is 0 Å². The molecule has 4 heteroatoms. The first-order chi connectivity index (χ1) is 7.36. The fraction of sp³-hybridized carbons (Fsp3) is 0.333. The number of hydrogen-bond acceptors (Lipinski definition) is 3. The zero-order valence-electron chi connectivity index (χ0n) is 9.53. The third kappa shape index (κ3) is 2.51. The van der Waals surface area contributed by atoms with Crippen LogP contribution in [0.4, 0.5) is 5.69 Å². The maximum Gasteiger partial charge on any atom is 0.244 e. The monoisotopic (exact) mass is 218 g/mol. The SMILES string of the molecule is Cc1ccc(O)c(NC(=O)C(C)(C)C#N)c1. The average molecular weight is 218 g/mol. The molecule has 0 heterocycles. The van der Waals surface area contributed by atoms with Crippen LogP contribution in [-0.2, 0) is 4.79 Å². The Balaban J connectivity index is 2.94. The highest BCUT2D eigenvalue weighted by Gasteiger charge is 2.27. The Morgan fingerprint density at radius 1 is 1.50 bits per heavy atom. The van der Waals surface area contributed by atoms with Gasteiger partial charge in [-0.3, -0.25) is 4.79 Å². The van der Waals surface area contributed by atoms with E-state index < -0.39 is 11.3 Å². The van der Waals surface area contributed by atoms with E-state index in [0.29, 0.717) is 5.69 Å². The zero-order chi connectivity index (χ0) is 12.3. The van der Waals surface area contributed by atoms with Crippen molar-refractivity contribution < 1.29 is 9.90 Å². The molecule has 16 heavy (non-hydrogen) atoms. The molecule has 0 radical (unpaired) electrons. The predicted octanol–water partition coefficient (Wildman–Crippen LogP) is 2.19. The molecule has 0 fully saturated rings. The summed E-state index contributed by atoms with van der Waals surface area (Å²) in [5.74, 6) is -0.441. The van der Waals surface area contributed by atoms with Crippen molar-refractivity contribution in [2.24, 2.45) is 5.41 Å². The van der Waals surface area contributed by atoms with Crippen molar-refractivity contribution in [2.45, 2.75) is 20.8 Å². The summed E-state index contributed by atoms with van der Waals surface area (Å²) >= 11 is 0. The van der Waals surface area contributed by atoms with Gasteiger partial charge in [-0.1, -0.05) is 6.07 Å². The molecule has 0 saturated heterocycles. The van der Waals surface area contributed by atoms with Gasteiger partial charge in [-0.15, -0.1) is 0 Å². The molecule has 0 aromatic heterocycles. The van der Waals surface area contributed by atoms with Crippen LogP contribution < -0.4 is 5.32 Å². The van der Waals surface area contributed by atoms with Crippen LogP contribution in [0.1, 0.15) is 19.4 Å². The van der Waals surface area contributed by atoms with E-state index in [-0.39, 0.29) is 5.75 Å². The van der Waals surface area contributed by atoms with E-state index in [9.17, 15) is 9.90 Å². The number of anilines is 1. The van der Waals surface area contributed by atoms with Crippen LogP contribution in [0, 0.1) is 23.7 Å². The first-order valence-electron chi connectivity index (χ1n) is 4.89. The normalized spacial score (nSPS) is 10.6. The highest BCUT2D eigenvalue weighted by Crippen LogP contribution is 2.26. The van der Waals surface area contributed by atoms with Gasteiger partial charge in [0.05, 0.1) is 11.8 Å². The van der Waals surface area contributed by atoms with Crippen molar-refractivity contribution in [3.8, 4) is 11.8 Å². The summed E-state index contributed by atoms with van der Waals surface area (Å²) in [6, 6.07) is 6.80. The molecule has 84 valence electrons. The summed E-state index contributed by atoms with van der Waals surface area (Å²) in [5.41, 5.74) is 0.132. The third-order valence-electron chi connectivity index (χ3n) is 2.25. The van der Waals surface area contributed by atoms with Gasteiger partial charge in [0.1, 0.15) is 11.2 Å². The lowest BCUT2D eigenvalue weighted by Gasteiger charge is -2.15. The predicted molar refractivity (Wildman–Crippen MR) is 60.9 cm³/mol. The maximum atomic E-state index is 11.7. The number of aromatic hydroxyl groups is 1. The van der Waals surface area contributed by atoms with Gasteiger partial charge in [0.2, 0.25) is 5.91 Å².